The number of carbonyl (C=O) groups excluding carboxylic acids is 2. The number of aromatic nitrogens is 2. The minimum Gasteiger partial charge on any atom is -0.487 e. The van der Waals surface area contributed by atoms with Gasteiger partial charge in [0.05, 0.1) is 30.6 Å². The molecule has 6 nitrogen and oxygen atoms in total. The van der Waals surface area contributed by atoms with E-state index in [-0.39, 0.29) is 24.8 Å². The lowest BCUT2D eigenvalue weighted by Gasteiger charge is -2.09. The van der Waals surface area contributed by atoms with Crippen molar-refractivity contribution in [1.29, 1.82) is 0 Å². The van der Waals surface area contributed by atoms with Crippen LogP contribution in [0.15, 0.2) is 24.5 Å². The Morgan fingerprint density at radius 2 is 2.30 bits per heavy atom. The fourth-order valence-electron chi connectivity index (χ4n) is 2.44. The molecule has 1 aromatic heterocycles. The zero-order valence-corrected chi connectivity index (χ0v) is 12.9. The fraction of sp³-hybridized carbons (Fsp3) is 0.353. The van der Waals surface area contributed by atoms with E-state index in [0.29, 0.717) is 29.3 Å². The van der Waals surface area contributed by atoms with Crippen molar-refractivity contribution in [2.45, 2.75) is 32.8 Å². The molecule has 0 unspecified atom stereocenters. The van der Waals surface area contributed by atoms with Crippen LogP contribution in [0.5, 0.6) is 5.75 Å². The SMILES string of the molecule is CCCCOC(=O)Cc1ccc2c(c1)OCc1[nH]cnc1C2=O. The summed E-state index contributed by atoms with van der Waals surface area (Å²) < 4.78 is 10.8. The minimum absolute atomic E-state index is 0.165. The number of unbranched alkanes of at least 4 members (excludes halogenated alkanes) is 1. The van der Waals surface area contributed by atoms with Crippen molar-refractivity contribution in [2.75, 3.05) is 6.61 Å². The zero-order chi connectivity index (χ0) is 16.2. The minimum atomic E-state index is -0.273. The number of ketones is 1. The second-order valence-corrected chi connectivity index (χ2v) is 5.43. The number of H-pyrrole nitrogens is 1. The Kier molecular flexibility index (Phi) is 4.41. The molecule has 6 heteroatoms. The van der Waals surface area contributed by atoms with E-state index in [2.05, 4.69) is 9.97 Å². The van der Waals surface area contributed by atoms with Gasteiger partial charge in [-0.25, -0.2) is 4.98 Å². The highest BCUT2D eigenvalue weighted by Crippen LogP contribution is 2.28. The van der Waals surface area contributed by atoms with Gasteiger partial charge in [0.25, 0.3) is 0 Å². The number of nitrogens with one attached hydrogen (secondary N) is 1. The number of benzene rings is 1. The molecular weight excluding hydrogens is 296 g/mol. The maximum absolute atomic E-state index is 12.4. The number of fused-ring (bicyclic) bond motifs is 2. The third kappa shape index (κ3) is 3.26. The van der Waals surface area contributed by atoms with Crippen LogP contribution in [0.25, 0.3) is 0 Å². The summed E-state index contributed by atoms with van der Waals surface area (Å²) >= 11 is 0. The van der Waals surface area contributed by atoms with Gasteiger partial charge in [-0.3, -0.25) is 9.59 Å². The van der Waals surface area contributed by atoms with Crippen LogP contribution in [-0.2, 0) is 22.6 Å². The highest BCUT2D eigenvalue weighted by molar-refractivity contribution is 6.10. The molecule has 3 rings (SSSR count). The number of ether oxygens (including phenoxy) is 2. The lowest BCUT2D eigenvalue weighted by Crippen LogP contribution is -2.09. The largest absolute Gasteiger partial charge is 0.487 e. The number of hydrogen-bond acceptors (Lipinski definition) is 5. The van der Waals surface area contributed by atoms with Gasteiger partial charge in [-0.15, -0.1) is 0 Å². The van der Waals surface area contributed by atoms with Gasteiger partial charge in [0.1, 0.15) is 18.1 Å². The molecule has 0 fully saturated rings. The van der Waals surface area contributed by atoms with Gasteiger partial charge in [0.15, 0.2) is 0 Å². The summed E-state index contributed by atoms with van der Waals surface area (Å²) in [6.07, 6.45) is 3.49. The van der Waals surface area contributed by atoms with Crippen molar-refractivity contribution in [2.24, 2.45) is 0 Å². The van der Waals surface area contributed by atoms with Crippen molar-refractivity contribution >= 4 is 11.8 Å². The lowest BCUT2D eigenvalue weighted by atomic mass is 10.0. The van der Waals surface area contributed by atoms with Crippen LogP contribution in [0.1, 0.15) is 47.1 Å². The molecule has 0 spiro atoms. The van der Waals surface area contributed by atoms with Crippen LogP contribution in [0.2, 0.25) is 0 Å². The van der Waals surface area contributed by atoms with Crippen LogP contribution in [0, 0.1) is 0 Å². The van der Waals surface area contributed by atoms with Crippen LogP contribution in [0.4, 0.5) is 0 Å². The Bertz CT molecular complexity index is 736. The summed E-state index contributed by atoms with van der Waals surface area (Å²) in [6.45, 7) is 2.73. The maximum Gasteiger partial charge on any atom is 0.310 e. The van der Waals surface area contributed by atoms with Gasteiger partial charge < -0.3 is 14.5 Å². The van der Waals surface area contributed by atoms with Gasteiger partial charge in [0, 0.05) is 0 Å². The van der Waals surface area contributed by atoms with E-state index in [4.69, 9.17) is 9.47 Å². The molecule has 0 bridgehead atoms. The van der Waals surface area contributed by atoms with E-state index in [0.717, 1.165) is 18.4 Å². The number of nitrogens with zero attached hydrogens (tertiary/aromatic N) is 1. The quantitative estimate of drug-likeness (QED) is 0.677. The van der Waals surface area contributed by atoms with Crippen LogP contribution >= 0.6 is 0 Å². The first-order chi connectivity index (χ1) is 11.2. The van der Waals surface area contributed by atoms with E-state index >= 15 is 0 Å². The molecule has 2 heterocycles. The zero-order valence-electron chi connectivity index (χ0n) is 12.9. The normalized spacial score (nSPS) is 12.8. The van der Waals surface area contributed by atoms with Gasteiger partial charge in [0.2, 0.25) is 5.78 Å². The summed E-state index contributed by atoms with van der Waals surface area (Å²) in [4.78, 5) is 31.2. The molecule has 0 saturated carbocycles. The summed E-state index contributed by atoms with van der Waals surface area (Å²) in [5, 5.41) is 0. The number of esters is 1. The number of imidazole rings is 1. The number of carbonyl (C=O) groups is 2. The monoisotopic (exact) mass is 314 g/mol. The summed E-state index contributed by atoms with van der Waals surface area (Å²) in [5.41, 5.74) is 2.26. The van der Waals surface area contributed by atoms with Crippen LogP contribution < -0.4 is 4.74 Å². The second-order valence-electron chi connectivity index (χ2n) is 5.43. The van der Waals surface area contributed by atoms with Crippen molar-refractivity contribution < 1.29 is 19.1 Å². The van der Waals surface area contributed by atoms with Crippen molar-refractivity contribution in [1.82, 2.24) is 9.97 Å². The van der Waals surface area contributed by atoms with Gasteiger partial charge in [-0.2, -0.15) is 0 Å². The van der Waals surface area contributed by atoms with Crippen molar-refractivity contribution in [3.05, 3.63) is 47.0 Å². The smallest absolute Gasteiger partial charge is 0.310 e. The van der Waals surface area contributed by atoms with E-state index in [1.165, 1.54) is 6.33 Å². The summed E-state index contributed by atoms with van der Waals surface area (Å²) in [7, 11) is 0. The molecule has 120 valence electrons. The first-order valence-corrected chi connectivity index (χ1v) is 7.67. The van der Waals surface area contributed by atoms with Crippen molar-refractivity contribution in [3.63, 3.8) is 0 Å². The molecule has 0 atom stereocenters. The van der Waals surface area contributed by atoms with Gasteiger partial charge in [-0.05, 0) is 24.1 Å². The fourth-order valence-corrected chi connectivity index (χ4v) is 2.44. The Morgan fingerprint density at radius 3 is 3.13 bits per heavy atom. The molecule has 1 aromatic carbocycles. The number of aromatic amines is 1. The van der Waals surface area contributed by atoms with Gasteiger partial charge >= 0.3 is 5.97 Å². The number of rotatable bonds is 5. The van der Waals surface area contributed by atoms with Crippen LogP contribution in [-0.4, -0.2) is 28.3 Å². The average Bonchev–Trinajstić information content (AvgIpc) is 2.96. The molecule has 2 aromatic rings. The molecule has 0 aliphatic carbocycles. The highest BCUT2D eigenvalue weighted by Gasteiger charge is 2.24. The van der Waals surface area contributed by atoms with E-state index < -0.39 is 0 Å². The molecule has 1 aliphatic rings. The topological polar surface area (TPSA) is 81.3 Å². The second kappa shape index (κ2) is 6.64. The predicted octanol–water partition coefficient (Wildman–Crippen LogP) is 2.42. The number of hydrogen-bond donors (Lipinski definition) is 1. The van der Waals surface area contributed by atoms with Crippen molar-refractivity contribution in [3.8, 4) is 5.75 Å². The molecule has 1 N–H and O–H groups in total. The first-order valence-electron chi connectivity index (χ1n) is 7.67. The average molecular weight is 314 g/mol. The first kappa shape index (κ1) is 15.3. The maximum atomic E-state index is 12.4. The lowest BCUT2D eigenvalue weighted by molar-refractivity contribution is -0.142. The molecular formula is C17H18N2O4. The Balaban J connectivity index is 1.75. The highest BCUT2D eigenvalue weighted by atomic mass is 16.5. The van der Waals surface area contributed by atoms with E-state index in [1.54, 1.807) is 18.2 Å². The predicted molar refractivity (Wildman–Crippen MR) is 82.4 cm³/mol. The standard InChI is InChI=1S/C17H18N2O4/c1-2-3-6-22-15(20)8-11-4-5-12-14(7-11)23-9-13-16(17(12)21)19-10-18-13/h4-5,7,10H,2-3,6,8-9H2,1H3,(H,18,19). The van der Waals surface area contributed by atoms with E-state index in [1.807, 2.05) is 6.92 Å². The molecule has 0 amide bonds. The van der Waals surface area contributed by atoms with E-state index in [9.17, 15) is 9.59 Å². The Morgan fingerprint density at radius 1 is 1.43 bits per heavy atom. The van der Waals surface area contributed by atoms with Crippen LogP contribution in [0.3, 0.4) is 0 Å². The molecule has 0 saturated heterocycles. The third-order valence-electron chi connectivity index (χ3n) is 3.71. The Hall–Kier alpha value is -2.63. The third-order valence-corrected chi connectivity index (χ3v) is 3.71. The molecule has 23 heavy (non-hydrogen) atoms. The van der Waals surface area contributed by atoms with Gasteiger partial charge in [-0.1, -0.05) is 19.4 Å². The molecule has 0 radical (unpaired) electrons. The molecule has 1 aliphatic heterocycles. The Labute approximate surface area is 133 Å². The summed E-state index contributed by atoms with van der Waals surface area (Å²) in [6, 6.07) is 5.15. The summed E-state index contributed by atoms with van der Waals surface area (Å²) in [5.74, 6) is 0.0244.